The van der Waals surface area contributed by atoms with Crippen molar-refractivity contribution in [1.29, 1.82) is 0 Å². The molecule has 1 atom stereocenters. The molecule has 0 spiro atoms. The molecular weight excluding hydrogens is 469 g/mol. The van der Waals surface area contributed by atoms with E-state index in [9.17, 15) is 18.0 Å². The van der Waals surface area contributed by atoms with Gasteiger partial charge in [0.05, 0.1) is 22.4 Å². The number of fused-ring (bicyclic) bond motifs is 1. The van der Waals surface area contributed by atoms with E-state index in [0.717, 1.165) is 4.70 Å². The number of amides is 1. The maximum atomic E-state index is 13.2. The predicted octanol–water partition coefficient (Wildman–Crippen LogP) is 4.49. The van der Waals surface area contributed by atoms with Crippen LogP contribution >= 0.6 is 11.3 Å². The van der Waals surface area contributed by atoms with Crippen LogP contribution in [0.3, 0.4) is 0 Å². The number of nitrogens with zero attached hydrogens (tertiary/aromatic N) is 2. The second kappa shape index (κ2) is 9.27. The number of halogens is 3. The Morgan fingerprint density at radius 3 is 2.62 bits per heavy atom. The zero-order valence-electron chi connectivity index (χ0n) is 17.8. The van der Waals surface area contributed by atoms with Crippen LogP contribution in [0, 0.1) is 0 Å². The normalized spacial score (nSPS) is 13.4. The Morgan fingerprint density at radius 1 is 1.12 bits per heavy atom. The Morgan fingerprint density at radius 2 is 1.91 bits per heavy atom. The molecule has 2 aromatic carbocycles. The Hall–Kier alpha value is -3.70. The van der Waals surface area contributed by atoms with Gasteiger partial charge in [-0.15, -0.1) is 13.2 Å². The molecule has 0 aliphatic rings. The lowest BCUT2D eigenvalue weighted by Gasteiger charge is -2.35. The van der Waals surface area contributed by atoms with Crippen LogP contribution in [0.4, 0.5) is 18.3 Å². The molecule has 11 heteroatoms. The number of hydrogen-bond donors (Lipinski definition) is 2. The Bertz CT molecular complexity index is 1310. The molecule has 7 nitrogen and oxygen atoms in total. The molecule has 1 amide bonds. The molecule has 0 radical (unpaired) electrons. The van der Waals surface area contributed by atoms with E-state index in [2.05, 4.69) is 20.0 Å². The highest BCUT2D eigenvalue weighted by Crippen LogP contribution is 2.36. The van der Waals surface area contributed by atoms with Crippen molar-refractivity contribution in [3.63, 3.8) is 0 Å². The van der Waals surface area contributed by atoms with Crippen molar-refractivity contribution < 1.29 is 27.4 Å². The largest absolute Gasteiger partial charge is 0.573 e. The number of methoxy groups -OCH3 is 1. The van der Waals surface area contributed by atoms with E-state index in [-0.39, 0.29) is 12.2 Å². The van der Waals surface area contributed by atoms with Crippen molar-refractivity contribution in [2.24, 2.45) is 0 Å². The summed E-state index contributed by atoms with van der Waals surface area (Å²) in [5.41, 5.74) is 6.28. The van der Waals surface area contributed by atoms with Crippen molar-refractivity contribution in [3.8, 4) is 5.75 Å². The average Bonchev–Trinajstić information content (AvgIpc) is 3.17. The summed E-state index contributed by atoms with van der Waals surface area (Å²) < 4.78 is 49.1. The number of nitrogens with one attached hydrogen (secondary N) is 1. The van der Waals surface area contributed by atoms with E-state index in [1.807, 2.05) is 0 Å². The van der Waals surface area contributed by atoms with E-state index in [1.165, 1.54) is 49.0 Å². The summed E-state index contributed by atoms with van der Waals surface area (Å²) in [6.07, 6.45) is -1.96. The first kappa shape index (κ1) is 23.5. The third kappa shape index (κ3) is 4.95. The molecule has 1 unspecified atom stereocenters. The molecule has 3 N–H and O–H groups in total. The molecule has 4 rings (SSSR count). The van der Waals surface area contributed by atoms with Crippen LogP contribution in [0.5, 0.6) is 5.75 Å². The summed E-state index contributed by atoms with van der Waals surface area (Å²) in [5.74, 6) is -0.916. The third-order valence-electron chi connectivity index (χ3n) is 5.07. The lowest BCUT2D eigenvalue weighted by atomic mass is 9.82. The molecule has 2 heterocycles. The van der Waals surface area contributed by atoms with Gasteiger partial charge in [-0.3, -0.25) is 9.78 Å². The van der Waals surface area contributed by atoms with Gasteiger partial charge in [0.1, 0.15) is 11.3 Å². The zero-order valence-corrected chi connectivity index (χ0v) is 18.6. The fraction of sp³-hybridized carbons (Fsp3) is 0.174. The van der Waals surface area contributed by atoms with Gasteiger partial charge in [0, 0.05) is 19.5 Å². The SMILES string of the molecule is COCC(NC(=O)c1cccnc1)(c1cccc(OC(F)(F)F)c1)c1ccc2nc(N)sc2c1. The van der Waals surface area contributed by atoms with E-state index in [4.69, 9.17) is 10.5 Å². The van der Waals surface area contributed by atoms with Crippen LogP contribution < -0.4 is 15.8 Å². The van der Waals surface area contributed by atoms with Crippen molar-refractivity contribution in [3.05, 3.63) is 83.7 Å². The Balaban J connectivity index is 1.89. The summed E-state index contributed by atoms with van der Waals surface area (Å²) in [7, 11) is 1.43. The zero-order chi connectivity index (χ0) is 24.3. The number of thiazole rings is 1. The molecule has 176 valence electrons. The molecule has 0 aliphatic carbocycles. The number of benzene rings is 2. The molecule has 0 saturated heterocycles. The van der Waals surface area contributed by atoms with Gasteiger partial charge in [-0.2, -0.15) is 0 Å². The first-order valence-electron chi connectivity index (χ1n) is 9.94. The quantitative estimate of drug-likeness (QED) is 0.398. The molecule has 0 bridgehead atoms. The molecule has 2 aromatic heterocycles. The van der Waals surface area contributed by atoms with Crippen LogP contribution in [-0.2, 0) is 10.3 Å². The lowest BCUT2D eigenvalue weighted by molar-refractivity contribution is -0.274. The second-order valence-corrected chi connectivity index (χ2v) is 8.41. The maximum absolute atomic E-state index is 13.2. The van der Waals surface area contributed by atoms with Gasteiger partial charge < -0.3 is 20.5 Å². The Kier molecular flexibility index (Phi) is 6.40. The van der Waals surface area contributed by atoms with Crippen LogP contribution in [0.1, 0.15) is 21.5 Å². The highest BCUT2D eigenvalue weighted by molar-refractivity contribution is 7.22. The number of alkyl halides is 3. The minimum absolute atomic E-state index is 0.0890. The van der Waals surface area contributed by atoms with Gasteiger partial charge in [-0.25, -0.2) is 4.98 Å². The molecule has 34 heavy (non-hydrogen) atoms. The molecule has 0 saturated carbocycles. The first-order valence-corrected chi connectivity index (χ1v) is 10.8. The fourth-order valence-electron chi connectivity index (χ4n) is 3.66. The molecule has 4 aromatic rings. The number of carbonyl (C=O) groups excluding carboxylic acids is 1. The van der Waals surface area contributed by atoms with Crippen LogP contribution in [-0.4, -0.2) is 36.0 Å². The number of nitrogens with two attached hydrogens (primary N) is 1. The number of anilines is 1. The average molecular weight is 488 g/mol. The summed E-state index contributed by atoms with van der Waals surface area (Å²) in [5, 5.41) is 3.32. The summed E-state index contributed by atoms with van der Waals surface area (Å²) in [6.45, 7) is -0.0890. The highest BCUT2D eigenvalue weighted by Gasteiger charge is 2.38. The van der Waals surface area contributed by atoms with Gasteiger partial charge in [0.25, 0.3) is 5.91 Å². The van der Waals surface area contributed by atoms with Crippen LogP contribution in [0.15, 0.2) is 67.0 Å². The number of hydrogen-bond acceptors (Lipinski definition) is 7. The maximum Gasteiger partial charge on any atom is 0.573 e. The minimum atomic E-state index is -4.87. The highest BCUT2D eigenvalue weighted by atomic mass is 32.1. The lowest BCUT2D eigenvalue weighted by Crippen LogP contribution is -2.50. The van der Waals surface area contributed by atoms with Gasteiger partial charge in [0.15, 0.2) is 5.13 Å². The van der Waals surface area contributed by atoms with Crippen molar-refractivity contribution in [1.82, 2.24) is 15.3 Å². The molecule has 0 fully saturated rings. The summed E-state index contributed by atoms with van der Waals surface area (Å²) >= 11 is 1.25. The second-order valence-electron chi connectivity index (χ2n) is 7.34. The van der Waals surface area contributed by atoms with Crippen molar-refractivity contribution in [2.45, 2.75) is 11.9 Å². The van der Waals surface area contributed by atoms with Gasteiger partial charge in [-0.05, 0) is 47.5 Å². The smallest absolute Gasteiger partial charge is 0.406 e. The number of pyridine rings is 1. The van der Waals surface area contributed by atoms with E-state index < -0.39 is 23.6 Å². The fourth-order valence-corrected chi connectivity index (χ4v) is 4.43. The molecule has 0 aliphatic heterocycles. The third-order valence-corrected chi connectivity index (χ3v) is 5.92. The van der Waals surface area contributed by atoms with E-state index in [1.54, 1.807) is 36.4 Å². The number of carbonyl (C=O) groups is 1. The monoisotopic (exact) mass is 488 g/mol. The topological polar surface area (TPSA) is 99.4 Å². The summed E-state index contributed by atoms with van der Waals surface area (Å²) in [4.78, 5) is 21.4. The van der Waals surface area contributed by atoms with Crippen LogP contribution in [0.25, 0.3) is 10.2 Å². The Labute approximate surface area is 196 Å². The van der Waals surface area contributed by atoms with Gasteiger partial charge in [-0.1, -0.05) is 29.5 Å². The van der Waals surface area contributed by atoms with Crippen molar-refractivity contribution >= 4 is 32.6 Å². The van der Waals surface area contributed by atoms with Gasteiger partial charge >= 0.3 is 6.36 Å². The summed E-state index contributed by atoms with van der Waals surface area (Å²) in [6, 6.07) is 13.8. The molecular formula is C23H19F3N4O3S. The number of rotatable bonds is 7. The van der Waals surface area contributed by atoms with Crippen LogP contribution in [0.2, 0.25) is 0 Å². The minimum Gasteiger partial charge on any atom is -0.406 e. The number of nitrogen functional groups attached to an aromatic ring is 1. The first-order chi connectivity index (χ1) is 16.2. The number of aromatic nitrogens is 2. The van der Waals surface area contributed by atoms with Crippen molar-refractivity contribution in [2.75, 3.05) is 19.5 Å². The van der Waals surface area contributed by atoms with E-state index >= 15 is 0 Å². The van der Waals surface area contributed by atoms with E-state index in [0.29, 0.717) is 21.8 Å². The predicted molar refractivity (Wildman–Crippen MR) is 122 cm³/mol. The van der Waals surface area contributed by atoms with Gasteiger partial charge in [0.2, 0.25) is 0 Å². The standard InChI is InChI=1S/C23H19F3N4O3S/c1-32-13-22(30-20(31)14-4-3-9-28-12-14,15-5-2-6-17(10-15)33-23(24,25)26)16-7-8-18-19(11-16)34-21(27)29-18/h2-12H,13H2,1H3,(H2,27,29)(H,30,31). The number of ether oxygens (including phenoxy) is 2.